The topological polar surface area (TPSA) is 56.3 Å². The molecular formula is C21H22ClN3O2. The van der Waals surface area contributed by atoms with Crippen molar-refractivity contribution in [2.24, 2.45) is 0 Å². The molecule has 0 radical (unpaired) electrons. The van der Waals surface area contributed by atoms with Crippen LogP contribution in [0.1, 0.15) is 26.7 Å². The summed E-state index contributed by atoms with van der Waals surface area (Å²) in [7, 11) is 0. The maximum Gasteiger partial charge on any atom is 0.138 e. The highest BCUT2D eigenvalue weighted by Gasteiger charge is 2.31. The van der Waals surface area contributed by atoms with Crippen LogP contribution >= 0.6 is 11.6 Å². The summed E-state index contributed by atoms with van der Waals surface area (Å²) in [6.07, 6.45) is 5.72. The average molecular weight is 384 g/mol. The van der Waals surface area contributed by atoms with Crippen LogP contribution in [0.5, 0.6) is 5.75 Å². The highest BCUT2D eigenvalue weighted by Crippen LogP contribution is 2.31. The number of nitrogens with zero attached hydrogens (tertiary/aromatic N) is 2. The minimum Gasteiger partial charge on any atom is -0.491 e. The number of anilines is 2. The molecule has 0 bridgehead atoms. The molecule has 1 N–H and O–H groups in total. The van der Waals surface area contributed by atoms with Gasteiger partial charge in [-0.2, -0.15) is 0 Å². The molecule has 27 heavy (non-hydrogen) atoms. The highest BCUT2D eigenvalue weighted by molar-refractivity contribution is 6.29. The standard InChI is InChI=1S/C21H22ClN3O2/c1-21(2)9-7-17(27-21)13-26-16-4-5-18-14(11-16)8-10-23-20(18)25-15-3-6-19(22)24-12-15/h3-6,8,10-12,17H,7,9,13H2,1-2H3,(H,23,25). The lowest BCUT2D eigenvalue weighted by Gasteiger charge is -2.19. The van der Waals surface area contributed by atoms with Gasteiger partial charge in [0.25, 0.3) is 0 Å². The van der Waals surface area contributed by atoms with Crippen molar-refractivity contribution in [3.05, 3.63) is 53.9 Å². The Morgan fingerprint density at radius 1 is 1.22 bits per heavy atom. The summed E-state index contributed by atoms with van der Waals surface area (Å²) in [6, 6.07) is 11.6. The third-order valence-electron chi connectivity index (χ3n) is 4.72. The van der Waals surface area contributed by atoms with E-state index in [1.807, 2.05) is 30.3 Å². The predicted molar refractivity (Wildman–Crippen MR) is 108 cm³/mol. The molecule has 3 aromatic rings. The van der Waals surface area contributed by atoms with Gasteiger partial charge >= 0.3 is 0 Å². The zero-order valence-corrected chi connectivity index (χ0v) is 16.2. The molecule has 0 saturated carbocycles. The van der Waals surface area contributed by atoms with Crippen molar-refractivity contribution in [2.45, 2.75) is 38.4 Å². The number of aromatic nitrogens is 2. The lowest BCUT2D eigenvalue weighted by molar-refractivity contribution is -0.0326. The summed E-state index contributed by atoms with van der Waals surface area (Å²) >= 11 is 5.84. The molecule has 0 spiro atoms. The van der Waals surface area contributed by atoms with Gasteiger partial charge in [0.15, 0.2) is 0 Å². The van der Waals surface area contributed by atoms with Gasteiger partial charge in [-0.05, 0) is 68.5 Å². The zero-order chi connectivity index (χ0) is 18.9. The van der Waals surface area contributed by atoms with Gasteiger partial charge in [0.1, 0.15) is 23.3 Å². The van der Waals surface area contributed by atoms with E-state index >= 15 is 0 Å². The van der Waals surface area contributed by atoms with E-state index in [1.165, 1.54) is 0 Å². The van der Waals surface area contributed by atoms with Crippen molar-refractivity contribution in [1.82, 2.24) is 9.97 Å². The summed E-state index contributed by atoms with van der Waals surface area (Å²) in [5.74, 6) is 1.60. The van der Waals surface area contributed by atoms with Crippen LogP contribution in [0.25, 0.3) is 10.8 Å². The van der Waals surface area contributed by atoms with Crippen molar-refractivity contribution in [3.8, 4) is 5.75 Å². The molecule has 140 valence electrons. The Kier molecular flexibility index (Phi) is 4.89. The molecule has 1 unspecified atom stereocenters. The van der Waals surface area contributed by atoms with Crippen LogP contribution in [0.15, 0.2) is 48.8 Å². The SMILES string of the molecule is CC1(C)CCC(COc2ccc3c(Nc4ccc(Cl)nc4)nccc3c2)O1. The second kappa shape index (κ2) is 7.33. The number of halogens is 1. The Morgan fingerprint density at radius 2 is 2.11 bits per heavy atom. The maximum atomic E-state index is 5.99. The van der Waals surface area contributed by atoms with E-state index in [-0.39, 0.29) is 11.7 Å². The summed E-state index contributed by atoms with van der Waals surface area (Å²) in [5, 5.41) is 5.81. The number of hydrogen-bond acceptors (Lipinski definition) is 5. The minimum absolute atomic E-state index is 0.0415. The third-order valence-corrected chi connectivity index (χ3v) is 4.94. The molecule has 3 heterocycles. The van der Waals surface area contributed by atoms with Gasteiger partial charge in [-0.1, -0.05) is 11.6 Å². The van der Waals surface area contributed by atoms with Crippen LogP contribution in [0.2, 0.25) is 5.15 Å². The summed E-state index contributed by atoms with van der Waals surface area (Å²) < 4.78 is 12.0. The first-order chi connectivity index (χ1) is 13.0. The van der Waals surface area contributed by atoms with Crippen molar-refractivity contribution >= 4 is 33.9 Å². The first kappa shape index (κ1) is 18.0. The zero-order valence-electron chi connectivity index (χ0n) is 15.4. The highest BCUT2D eigenvalue weighted by atomic mass is 35.5. The lowest BCUT2D eigenvalue weighted by atomic mass is 10.1. The fourth-order valence-electron chi connectivity index (χ4n) is 3.32. The molecule has 6 heteroatoms. The summed E-state index contributed by atoms with van der Waals surface area (Å²) in [4.78, 5) is 8.53. The van der Waals surface area contributed by atoms with E-state index in [2.05, 4.69) is 29.1 Å². The lowest BCUT2D eigenvalue weighted by Crippen LogP contribution is -2.23. The van der Waals surface area contributed by atoms with Crippen molar-refractivity contribution in [3.63, 3.8) is 0 Å². The predicted octanol–water partition coefficient (Wildman–Crippen LogP) is 5.36. The molecule has 1 aliphatic rings. The molecule has 0 amide bonds. The van der Waals surface area contributed by atoms with Crippen LogP contribution in [0.4, 0.5) is 11.5 Å². The second-order valence-corrected chi connectivity index (χ2v) is 7.77. The monoisotopic (exact) mass is 383 g/mol. The molecule has 1 aliphatic heterocycles. The summed E-state index contributed by atoms with van der Waals surface area (Å²) in [6.45, 7) is 4.82. The van der Waals surface area contributed by atoms with E-state index in [1.54, 1.807) is 18.5 Å². The molecule has 2 aromatic heterocycles. The van der Waals surface area contributed by atoms with Crippen molar-refractivity contribution in [1.29, 1.82) is 0 Å². The fraction of sp³-hybridized carbons (Fsp3) is 0.333. The Balaban J connectivity index is 1.49. The van der Waals surface area contributed by atoms with Crippen LogP contribution in [-0.2, 0) is 4.74 Å². The van der Waals surface area contributed by atoms with Gasteiger partial charge in [-0.3, -0.25) is 0 Å². The smallest absolute Gasteiger partial charge is 0.138 e. The molecule has 1 fully saturated rings. The number of benzene rings is 1. The van der Waals surface area contributed by atoms with Crippen LogP contribution in [0, 0.1) is 0 Å². The number of hydrogen-bond donors (Lipinski definition) is 1. The van der Waals surface area contributed by atoms with Gasteiger partial charge in [0, 0.05) is 11.6 Å². The minimum atomic E-state index is -0.0415. The molecular weight excluding hydrogens is 362 g/mol. The summed E-state index contributed by atoms with van der Waals surface area (Å²) in [5.41, 5.74) is 0.793. The average Bonchev–Trinajstić information content (AvgIpc) is 3.01. The molecule has 4 rings (SSSR count). The van der Waals surface area contributed by atoms with Crippen LogP contribution in [-0.4, -0.2) is 28.3 Å². The quantitative estimate of drug-likeness (QED) is 0.601. The molecule has 1 saturated heterocycles. The second-order valence-electron chi connectivity index (χ2n) is 7.39. The number of pyridine rings is 2. The fourth-order valence-corrected chi connectivity index (χ4v) is 3.43. The van der Waals surface area contributed by atoms with Gasteiger partial charge in [0.2, 0.25) is 0 Å². The third kappa shape index (κ3) is 4.31. The van der Waals surface area contributed by atoms with E-state index < -0.39 is 0 Å². The van der Waals surface area contributed by atoms with Crippen molar-refractivity contribution in [2.75, 3.05) is 11.9 Å². The largest absolute Gasteiger partial charge is 0.491 e. The Labute approximate surface area is 163 Å². The normalized spacial score (nSPS) is 18.6. The van der Waals surface area contributed by atoms with Gasteiger partial charge in [-0.15, -0.1) is 0 Å². The first-order valence-corrected chi connectivity index (χ1v) is 9.44. The molecule has 0 aliphatic carbocycles. The van der Waals surface area contributed by atoms with Crippen LogP contribution in [0.3, 0.4) is 0 Å². The first-order valence-electron chi connectivity index (χ1n) is 9.06. The number of rotatable bonds is 5. The molecule has 1 aromatic carbocycles. The van der Waals surface area contributed by atoms with E-state index in [0.717, 1.165) is 40.9 Å². The Hall–Kier alpha value is -2.37. The Bertz CT molecular complexity index is 944. The van der Waals surface area contributed by atoms with E-state index in [4.69, 9.17) is 21.1 Å². The van der Waals surface area contributed by atoms with Gasteiger partial charge in [0.05, 0.1) is 23.6 Å². The van der Waals surface area contributed by atoms with Gasteiger partial charge < -0.3 is 14.8 Å². The van der Waals surface area contributed by atoms with E-state index in [0.29, 0.717) is 11.8 Å². The number of fused-ring (bicyclic) bond motifs is 1. The van der Waals surface area contributed by atoms with Crippen molar-refractivity contribution < 1.29 is 9.47 Å². The number of nitrogens with one attached hydrogen (secondary N) is 1. The van der Waals surface area contributed by atoms with Crippen LogP contribution < -0.4 is 10.1 Å². The molecule has 5 nitrogen and oxygen atoms in total. The number of ether oxygens (including phenoxy) is 2. The molecule has 1 atom stereocenters. The Morgan fingerprint density at radius 3 is 2.85 bits per heavy atom. The van der Waals surface area contributed by atoms with Gasteiger partial charge in [-0.25, -0.2) is 9.97 Å². The maximum absolute atomic E-state index is 5.99. The van der Waals surface area contributed by atoms with E-state index in [9.17, 15) is 0 Å².